The van der Waals surface area contributed by atoms with Gasteiger partial charge < -0.3 is 14.8 Å². The molecule has 1 aromatic heterocycles. The van der Waals surface area contributed by atoms with Crippen molar-refractivity contribution in [1.29, 1.82) is 0 Å². The summed E-state index contributed by atoms with van der Waals surface area (Å²) in [6.07, 6.45) is 4.34. The quantitative estimate of drug-likeness (QED) is 0.804. The second kappa shape index (κ2) is 8.91. The summed E-state index contributed by atoms with van der Waals surface area (Å²) >= 11 is 0. The molecular formula is C19H24N2O3. The Balaban J connectivity index is 2.12. The Bertz CT molecular complexity index is 659. The third kappa shape index (κ3) is 4.98. The summed E-state index contributed by atoms with van der Waals surface area (Å²) in [5.41, 5.74) is 1.58. The molecule has 0 spiro atoms. The Morgan fingerprint density at radius 1 is 1.12 bits per heavy atom. The van der Waals surface area contributed by atoms with Gasteiger partial charge in [0.1, 0.15) is 6.61 Å². The Hall–Kier alpha value is -2.56. The number of nitrogens with zero attached hydrogens (tertiary/aromatic N) is 1. The summed E-state index contributed by atoms with van der Waals surface area (Å²) in [6, 6.07) is 9.18. The Labute approximate surface area is 143 Å². The fraction of sp³-hybridized carbons (Fsp3) is 0.368. The average Bonchev–Trinajstić information content (AvgIpc) is 2.61. The number of hydrogen-bond acceptors (Lipinski definition) is 4. The molecule has 0 bridgehead atoms. The number of carbonyl (C=O) groups is 1. The molecule has 1 amide bonds. The molecule has 5 heteroatoms. The summed E-state index contributed by atoms with van der Waals surface area (Å²) in [5.74, 6) is 1.09. The third-order valence-electron chi connectivity index (χ3n) is 3.64. The first-order valence-electron chi connectivity index (χ1n) is 8.23. The highest BCUT2D eigenvalue weighted by Gasteiger charge is 2.13. The normalized spacial score (nSPS) is 11.6. The second-order valence-corrected chi connectivity index (χ2v) is 5.52. The molecule has 0 saturated heterocycles. The molecule has 0 fully saturated rings. The van der Waals surface area contributed by atoms with Crippen molar-refractivity contribution in [2.45, 2.75) is 39.8 Å². The number of amides is 1. The minimum absolute atomic E-state index is 0.106. The topological polar surface area (TPSA) is 60.5 Å². The molecule has 0 aliphatic carbocycles. The van der Waals surface area contributed by atoms with Crippen LogP contribution in [0.2, 0.25) is 0 Å². The predicted octanol–water partition coefficient (Wildman–Crippen LogP) is 3.59. The minimum atomic E-state index is -0.106. The van der Waals surface area contributed by atoms with Crippen LogP contribution in [0.15, 0.2) is 42.7 Å². The molecule has 0 radical (unpaired) electrons. The molecule has 1 unspecified atom stereocenters. The van der Waals surface area contributed by atoms with Crippen LogP contribution in [0, 0.1) is 0 Å². The number of rotatable bonds is 8. The van der Waals surface area contributed by atoms with Gasteiger partial charge in [-0.1, -0.05) is 6.92 Å². The minimum Gasteiger partial charge on any atom is -0.490 e. The van der Waals surface area contributed by atoms with E-state index in [0.717, 1.165) is 12.0 Å². The van der Waals surface area contributed by atoms with Gasteiger partial charge in [0, 0.05) is 24.0 Å². The summed E-state index contributed by atoms with van der Waals surface area (Å²) in [5, 5.41) is 2.95. The van der Waals surface area contributed by atoms with Crippen molar-refractivity contribution in [2.75, 3.05) is 6.61 Å². The Kier molecular flexibility index (Phi) is 6.61. The van der Waals surface area contributed by atoms with Crippen LogP contribution in [-0.2, 0) is 6.61 Å². The predicted molar refractivity (Wildman–Crippen MR) is 93.4 cm³/mol. The molecule has 1 aromatic carbocycles. The van der Waals surface area contributed by atoms with E-state index >= 15 is 0 Å². The van der Waals surface area contributed by atoms with Crippen LogP contribution in [0.1, 0.15) is 43.1 Å². The number of nitrogens with one attached hydrogen (secondary N) is 1. The first-order valence-corrected chi connectivity index (χ1v) is 8.23. The van der Waals surface area contributed by atoms with Crippen molar-refractivity contribution in [3.05, 3.63) is 53.9 Å². The highest BCUT2D eigenvalue weighted by molar-refractivity contribution is 5.95. The molecular weight excluding hydrogens is 304 g/mol. The van der Waals surface area contributed by atoms with Crippen molar-refractivity contribution >= 4 is 5.91 Å². The maximum absolute atomic E-state index is 12.2. The highest BCUT2D eigenvalue weighted by atomic mass is 16.5. The molecule has 128 valence electrons. The van der Waals surface area contributed by atoms with E-state index in [2.05, 4.69) is 10.3 Å². The van der Waals surface area contributed by atoms with Gasteiger partial charge in [0.15, 0.2) is 11.5 Å². The van der Waals surface area contributed by atoms with Crippen LogP contribution >= 0.6 is 0 Å². The molecule has 1 N–H and O–H groups in total. The molecule has 0 saturated carbocycles. The number of hydrogen-bond donors (Lipinski definition) is 1. The van der Waals surface area contributed by atoms with Gasteiger partial charge in [-0.2, -0.15) is 0 Å². The van der Waals surface area contributed by atoms with Crippen molar-refractivity contribution in [3.8, 4) is 11.5 Å². The molecule has 1 atom stereocenters. The maximum atomic E-state index is 12.2. The number of benzene rings is 1. The zero-order valence-corrected chi connectivity index (χ0v) is 14.4. The largest absolute Gasteiger partial charge is 0.490 e. The average molecular weight is 328 g/mol. The van der Waals surface area contributed by atoms with Gasteiger partial charge in [-0.25, -0.2) is 0 Å². The van der Waals surface area contributed by atoms with Crippen molar-refractivity contribution in [1.82, 2.24) is 10.3 Å². The van der Waals surface area contributed by atoms with Crippen LogP contribution < -0.4 is 14.8 Å². The van der Waals surface area contributed by atoms with Crippen LogP contribution in [0.4, 0.5) is 0 Å². The van der Waals surface area contributed by atoms with Crippen LogP contribution in [0.3, 0.4) is 0 Å². The maximum Gasteiger partial charge on any atom is 0.251 e. The van der Waals surface area contributed by atoms with Gasteiger partial charge >= 0.3 is 0 Å². The van der Waals surface area contributed by atoms with E-state index in [4.69, 9.17) is 9.47 Å². The first-order chi connectivity index (χ1) is 11.6. The standard InChI is InChI=1S/C19H24N2O3/c1-4-14(3)21-19(22)16-6-7-17(18(12-16)23-5-2)24-13-15-8-10-20-11-9-15/h6-12,14H,4-5,13H2,1-3H3,(H,21,22). The van der Waals surface area contributed by atoms with E-state index < -0.39 is 0 Å². The van der Waals surface area contributed by atoms with Gasteiger partial charge in [0.25, 0.3) is 5.91 Å². The smallest absolute Gasteiger partial charge is 0.251 e. The highest BCUT2D eigenvalue weighted by Crippen LogP contribution is 2.29. The van der Waals surface area contributed by atoms with E-state index in [1.165, 1.54) is 0 Å². The second-order valence-electron chi connectivity index (χ2n) is 5.52. The Morgan fingerprint density at radius 2 is 1.88 bits per heavy atom. The number of aromatic nitrogens is 1. The lowest BCUT2D eigenvalue weighted by molar-refractivity contribution is 0.0938. The van der Waals surface area contributed by atoms with Crippen molar-refractivity contribution in [3.63, 3.8) is 0 Å². The molecule has 2 aromatic rings. The van der Waals surface area contributed by atoms with E-state index in [0.29, 0.717) is 30.3 Å². The van der Waals surface area contributed by atoms with Gasteiger partial charge in [0.2, 0.25) is 0 Å². The SMILES string of the molecule is CCOc1cc(C(=O)NC(C)CC)ccc1OCc1ccncc1. The lowest BCUT2D eigenvalue weighted by atomic mass is 10.1. The monoisotopic (exact) mass is 328 g/mol. The zero-order valence-electron chi connectivity index (χ0n) is 14.4. The zero-order chi connectivity index (χ0) is 17.4. The third-order valence-corrected chi connectivity index (χ3v) is 3.64. The van der Waals surface area contributed by atoms with E-state index in [-0.39, 0.29) is 11.9 Å². The summed E-state index contributed by atoms with van der Waals surface area (Å²) in [4.78, 5) is 16.2. The molecule has 1 heterocycles. The van der Waals surface area contributed by atoms with Gasteiger partial charge in [-0.3, -0.25) is 9.78 Å². The summed E-state index contributed by atoms with van der Waals surface area (Å²) < 4.78 is 11.5. The van der Waals surface area contributed by atoms with E-state index in [1.54, 1.807) is 30.6 Å². The lowest BCUT2D eigenvalue weighted by Crippen LogP contribution is -2.31. The molecule has 2 rings (SSSR count). The first kappa shape index (κ1) is 17.8. The molecule has 24 heavy (non-hydrogen) atoms. The van der Waals surface area contributed by atoms with Gasteiger partial charge in [-0.05, 0) is 56.2 Å². The Morgan fingerprint density at radius 3 is 2.54 bits per heavy atom. The van der Waals surface area contributed by atoms with Crippen LogP contribution in [0.25, 0.3) is 0 Å². The van der Waals surface area contributed by atoms with E-state index in [1.807, 2.05) is 32.9 Å². The molecule has 5 nitrogen and oxygen atoms in total. The van der Waals surface area contributed by atoms with E-state index in [9.17, 15) is 4.79 Å². The van der Waals surface area contributed by atoms with Crippen molar-refractivity contribution < 1.29 is 14.3 Å². The fourth-order valence-corrected chi connectivity index (χ4v) is 2.09. The van der Waals surface area contributed by atoms with Crippen LogP contribution in [0.5, 0.6) is 11.5 Å². The van der Waals surface area contributed by atoms with Gasteiger partial charge in [0.05, 0.1) is 6.61 Å². The van der Waals surface area contributed by atoms with Crippen LogP contribution in [-0.4, -0.2) is 23.5 Å². The number of pyridine rings is 1. The molecule has 0 aliphatic heterocycles. The van der Waals surface area contributed by atoms with Gasteiger partial charge in [-0.15, -0.1) is 0 Å². The van der Waals surface area contributed by atoms with Crippen molar-refractivity contribution in [2.24, 2.45) is 0 Å². The lowest BCUT2D eigenvalue weighted by Gasteiger charge is -2.15. The summed E-state index contributed by atoms with van der Waals surface area (Å²) in [6.45, 7) is 6.84. The summed E-state index contributed by atoms with van der Waals surface area (Å²) in [7, 11) is 0. The molecule has 0 aliphatic rings. The number of carbonyl (C=O) groups excluding carboxylic acids is 1. The fourth-order valence-electron chi connectivity index (χ4n) is 2.09. The number of ether oxygens (including phenoxy) is 2.